The van der Waals surface area contributed by atoms with Crippen molar-refractivity contribution in [3.8, 4) is 0 Å². The van der Waals surface area contributed by atoms with Gasteiger partial charge in [0.05, 0.1) is 0 Å². The number of allylic oxidation sites excluding steroid dienone is 1. The van der Waals surface area contributed by atoms with Crippen molar-refractivity contribution in [2.24, 2.45) is 5.73 Å². The van der Waals surface area contributed by atoms with Crippen molar-refractivity contribution in [3.05, 3.63) is 12.3 Å². The Morgan fingerprint density at radius 3 is 1.43 bits per heavy atom. The van der Waals surface area contributed by atoms with E-state index in [4.69, 9.17) is 5.73 Å². The van der Waals surface area contributed by atoms with Crippen molar-refractivity contribution in [2.75, 3.05) is 0 Å². The lowest BCUT2D eigenvalue weighted by Crippen LogP contribution is -1.70. The SMILES string of the molecule is C/C=C/N.Cl.N.N. The Morgan fingerprint density at radius 1 is 1.29 bits per heavy atom. The minimum Gasteiger partial charge on any atom is -0.405 e. The lowest BCUT2D eigenvalue weighted by atomic mass is 10.7. The second-order valence-corrected chi connectivity index (χ2v) is 0.526. The standard InChI is InChI=1S/C3H7N.ClH.2H3N/c1-2-3-4;;;/h2-3H,4H2,1H3;1H;2*1H3/b3-2+;;;. The van der Waals surface area contributed by atoms with Crippen LogP contribution in [0.1, 0.15) is 6.92 Å². The summed E-state index contributed by atoms with van der Waals surface area (Å²) in [4.78, 5) is 0. The second-order valence-electron chi connectivity index (χ2n) is 0.526. The van der Waals surface area contributed by atoms with E-state index in [0.29, 0.717) is 0 Å². The monoisotopic (exact) mass is 127 g/mol. The molecule has 0 rings (SSSR count). The van der Waals surface area contributed by atoms with Gasteiger partial charge in [0.2, 0.25) is 0 Å². The maximum Gasteiger partial charge on any atom is -0.0106 e. The van der Waals surface area contributed by atoms with E-state index in [0.717, 1.165) is 0 Å². The van der Waals surface area contributed by atoms with Gasteiger partial charge in [-0.25, -0.2) is 0 Å². The molecule has 0 aromatic rings. The van der Waals surface area contributed by atoms with E-state index in [1.54, 1.807) is 6.08 Å². The number of hydrogen-bond acceptors (Lipinski definition) is 3. The van der Waals surface area contributed by atoms with E-state index in [9.17, 15) is 0 Å². The summed E-state index contributed by atoms with van der Waals surface area (Å²) in [7, 11) is 0. The molecule has 0 aliphatic rings. The Morgan fingerprint density at radius 2 is 1.43 bits per heavy atom. The lowest BCUT2D eigenvalue weighted by molar-refractivity contribution is 1.55. The Kier molecular flexibility index (Phi) is 179. The van der Waals surface area contributed by atoms with Crippen LogP contribution in [0.3, 0.4) is 0 Å². The largest absolute Gasteiger partial charge is 0.405 e. The van der Waals surface area contributed by atoms with Gasteiger partial charge in [-0.1, -0.05) is 6.08 Å². The first-order valence-corrected chi connectivity index (χ1v) is 1.24. The molecule has 4 heteroatoms. The van der Waals surface area contributed by atoms with Crippen molar-refractivity contribution < 1.29 is 0 Å². The third kappa shape index (κ3) is 144. The minimum atomic E-state index is 0. The Bertz CT molecular complexity index is 25.4. The Balaban J connectivity index is -0.0000000150. The third-order valence-electron chi connectivity index (χ3n) is 0.192. The van der Waals surface area contributed by atoms with Gasteiger partial charge in [0.15, 0.2) is 0 Å². The first kappa shape index (κ1) is 29.5. The molecular formula is C3H14ClN3. The van der Waals surface area contributed by atoms with Crippen molar-refractivity contribution in [1.29, 1.82) is 0 Å². The molecular weight excluding hydrogens is 114 g/mol. The fraction of sp³-hybridized carbons (Fsp3) is 0.333. The maximum absolute atomic E-state index is 4.85. The fourth-order valence-electron chi connectivity index (χ4n) is 0. The molecule has 0 unspecified atom stereocenters. The highest BCUT2D eigenvalue weighted by molar-refractivity contribution is 5.85. The molecule has 0 radical (unpaired) electrons. The van der Waals surface area contributed by atoms with E-state index in [1.165, 1.54) is 6.20 Å². The van der Waals surface area contributed by atoms with E-state index in [1.807, 2.05) is 6.92 Å². The summed E-state index contributed by atoms with van der Waals surface area (Å²) in [6.45, 7) is 1.88. The fourth-order valence-corrected chi connectivity index (χ4v) is 0. The van der Waals surface area contributed by atoms with Crippen molar-refractivity contribution in [2.45, 2.75) is 6.92 Å². The van der Waals surface area contributed by atoms with Crippen LogP contribution in [0.4, 0.5) is 0 Å². The van der Waals surface area contributed by atoms with Gasteiger partial charge in [-0.2, -0.15) is 0 Å². The van der Waals surface area contributed by atoms with Crippen LogP contribution >= 0.6 is 12.4 Å². The van der Waals surface area contributed by atoms with E-state index >= 15 is 0 Å². The topological polar surface area (TPSA) is 96.0 Å². The average molecular weight is 128 g/mol. The predicted molar refractivity (Wildman–Crippen MR) is 36.3 cm³/mol. The van der Waals surface area contributed by atoms with Gasteiger partial charge in [-0.3, -0.25) is 0 Å². The number of halogens is 1. The molecule has 0 heterocycles. The van der Waals surface area contributed by atoms with Crippen LogP contribution < -0.4 is 18.0 Å². The summed E-state index contributed by atoms with van der Waals surface area (Å²) < 4.78 is 0. The van der Waals surface area contributed by atoms with E-state index < -0.39 is 0 Å². The smallest absolute Gasteiger partial charge is 0.0106 e. The van der Waals surface area contributed by atoms with Crippen molar-refractivity contribution in [1.82, 2.24) is 12.3 Å². The molecule has 0 saturated carbocycles. The summed E-state index contributed by atoms with van der Waals surface area (Å²) in [6, 6.07) is 0. The van der Waals surface area contributed by atoms with Gasteiger partial charge in [0, 0.05) is 0 Å². The molecule has 0 atom stereocenters. The normalized spacial score (nSPS) is 5.29. The number of nitrogens with two attached hydrogens (primary N) is 1. The molecule has 0 amide bonds. The number of hydrogen-bond donors (Lipinski definition) is 3. The molecule has 0 aliphatic carbocycles. The highest BCUT2D eigenvalue weighted by atomic mass is 35.5. The Labute approximate surface area is 50.5 Å². The summed E-state index contributed by atoms with van der Waals surface area (Å²) in [6.07, 6.45) is 3.28. The van der Waals surface area contributed by atoms with Gasteiger partial charge in [-0.15, -0.1) is 12.4 Å². The van der Waals surface area contributed by atoms with Crippen LogP contribution in [-0.2, 0) is 0 Å². The molecule has 7 heavy (non-hydrogen) atoms. The second kappa shape index (κ2) is 42.4. The van der Waals surface area contributed by atoms with Crippen molar-refractivity contribution >= 4 is 12.4 Å². The van der Waals surface area contributed by atoms with Gasteiger partial charge in [0.25, 0.3) is 0 Å². The highest BCUT2D eigenvalue weighted by Crippen LogP contribution is 1.47. The quantitative estimate of drug-likeness (QED) is 0.457. The maximum atomic E-state index is 4.85. The van der Waals surface area contributed by atoms with Crippen LogP contribution in [0, 0.1) is 0 Å². The first-order chi connectivity index (χ1) is 1.91. The predicted octanol–water partition coefficient (Wildman–Crippen LogP) is 1.22. The molecule has 0 saturated heterocycles. The van der Waals surface area contributed by atoms with Crippen LogP contribution in [-0.4, -0.2) is 0 Å². The average Bonchev–Trinajstić information content (AvgIpc) is 1.37. The zero-order chi connectivity index (χ0) is 3.41. The van der Waals surface area contributed by atoms with Gasteiger partial charge < -0.3 is 18.0 Å². The van der Waals surface area contributed by atoms with Crippen molar-refractivity contribution in [3.63, 3.8) is 0 Å². The minimum absolute atomic E-state index is 0. The van der Waals surface area contributed by atoms with Crippen LogP contribution in [0.5, 0.6) is 0 Å². The Hall–Kier alpha value is -0.250. The highest BCUT2D eigenvalue weighted by Gasteiger charge is 1.32. The van der Waals surface area contributed by atoms with Gasteiger partial charge >= 0.3 is 0 Å². The molecule has 3 nitrogen and oxygen atoms in total. The molecule has 0 aromatic heterocycles. The van der Waals surface area contributed by atoms with Gasteiger partial charge in [-0.05, 0) is 13.1 Å². The molecule has 0 aromatic carbocycles. The zero-order valence-electron chi connectivity index (χ0n) is 4.55. The lowest BCUT2D eigenvalue weighted by Gasteiger charge is -1.53. The molecule has 0 spiro atoms. The molecule has 0 aliphatic heterocycles. The summed E-state index contributed by atoms with van der Waals surface area (Å²) in [5.41, 5.74) is 4.85. The molecule has 8 N–H and O–H groups in total. The van der Waals surface area contributed by atoms with Crippen LogP contribution in [0.2, 0.25) is 0 Å². The summed E-state index contributed by atoms with van der Waals surface area (Å²) >= 11 is 0. The third-order valence-corrected chi connectivity index (χ3v) is 0.192. The molecule has 0 fully saturated rings. The summed E-state index contributed by atoms with van der Waals surface area (Å²) in [5, 5.41) is 0. The van der Waals surface area contributed by atoms with Crippen LogP contribution in [0.25, 0.3) is 0 Å². The molecule has 0 bridgehead atoms. The zero-order valence-corrected chi connectivity index (χ0v) is 5.37. The first-order valence-electron chi connectivity index (χ1n) is 1.24. The number of rotatable bonds is 0. The van der Waals surface area contributed by atoms with Crippen LogP contribution in [0.15, 0.2) is 12.3 Å². The van der Waals surface area contributed by atoms with Gasteiger partial charge in [0.1, 0.15) is 0 Å². The molecule has 48 valence electrons. The van der Waals surface area contributed by atoms with E-state index in [-0.39, 0.29) is 24.7 Å². The van der Waals surface area contributed by atoms with E-state index in [2.05, 4.69) is 0 Å². The summed E-state index contributed by atoms with van der Waals surface area (Å²) in [5.74, 6) is 0.